The minimum absolute atomic E-state index is 0.210. The zero-order valence-electron chi connectivity index (χ0n) is 15.1. The fourth-order valence-electron chi connectivity index (χ4n) is 6.41. The number of rotatable bonds is 1. The van der Waals surface area contributed by atoms with E-state index in [-0.39, 0.29) is 5.54 Å². The van der Waals surface area contributed by atoms with Gasteiger partial charge in [0.05, 0.1) is 11.4 Å². The summed E-state index contributed by atoms with van der Waals surface area (Å²) in [5.74, 6) is 3.76. The molecule has 0 aromatic heterocycles. The van der Waals surface area contributed by atoms with E-state index in [1.165, 1.54) is 81.2 Å². The smallest absolute Gasteiger partial charge is 0.0997 e. The van der Waals surface area contributed by atoms with Crippen LogP contribution in [0.25, 0.3) is 0 Å². The Hall–Kier alpha value is -0.830. The van der Waals surface area contributed by atoms with Crippen LogP contribution >= 0.6 is 15.9 Å². The van der Waals surface area contributed by atoms with Crippen molar-refractivity contribution < 1.29 is 0 Å². The van der Waals surface area contributed by atoms with E-state index < -0.39 is 0 Å². The fourth-order valence-corrected chi connectivity index (χ4v) is 6.68. The second-order valence-electron chi connectivity index (χ2n) is 8.71. The van der Waals surface area contributed by atoms with Crippen molar-refractivity contribution in [3.05, 3.63) is 34.3 Å². The van der Waals surface area contributed by atoms with Crippen LogP contribution in [0.4, 0.5) is 0 Å². The first-order chi connectivity index (χ1) is 12.3. The van der Waals surface area contributed by atoms with Gasteiger partial charge in [-0.25, -0.2) is 0 Å². The van der Waals surface area contributed by atoms with Gasteiger partial charge in [0.1, 0.15) is 0 Å². The van der Waals surface area contributed by atoms with E-state index in [0.29, 0.717) is 5.92 Å². The zero-order valence-corrected chi connectivity index (χ0v) is 16.7. The first kappa shape index (κ1) is 16.4. The maximum absolute atomic E-state index is 5.60. The lowest BCUT2D eigenvalue weighted by molar-refractivity contribution is 0.0429. The molecule has 0 N–H and O–H groups in total. The normalized spacial score (nSPS) is 37.6. The van der Waals surface area contributed by atoms with Gasteiger partial charge in [-0.05, 0) is 80.9 Å². The van der Waals surface area contributed by atoms with E-state index in [2.05, 4.69) is 45.1 Å². The topological polar surface area (TPSA) is 15.6 Å². The number of piperidine rings is 1. The molecule has 1 saturated heterocycles. The predicted molar refractivity (Wildman–Crippen MR) is 107 cm³/mol. The molecule has 134 valence electrons. The van der Waals surface area contributed by atoms with E-state index >= 15 is 0 Å². The predicted octanol–water partition coefficient (Wildman–Crippen LogP) is 5.77. The van der Waals surface area contributed by atoms with Gasteiger partial charge in [0.15, 0.2) is 0 Å². The number of hydrogen-bond acceptors (Lipinski definition) is 2. The summed E-state index contributed by atoms with van der Waals surface area (Å²) in [6, 6.07) is 9.20. The highest BCUT2D eigenvalue weighted by Crippen LogP contribution is 2.60. The number of halogens is 1. The van der Waals surface area contributed by atoms with Crippen LogP contribution in [-0.2, 0) is 0 Å². The molecule has 1 aromatic rings. The molecule has 6 rings (SSSR count). The minimum atomic E-state index is 0.210. The van der Waals surface area contributed by atoms with Gasteiger partial charge < -0.3 is 4.90 Å². The van der Waals surface area contributed by atoms with Crippen molar-refractivity contribution in [2.24, 2.45) is 16.8 Å². The van der Waals surface area contributed by atoms with Crippen molar-refractivity contribution in [2.75, 3.05) is 13.1 Å². The third kappa shape index (κ3) is 2.69. The summed E-state index contributed by atoms with van der Waals surface area (Å²) in [5, 5.41) is 0. The molecule has 2 atom stereocenters. The lowest BCUT2D eigenvalue weighted by Gasteiger charge is -2.54. The number of aliphatic imine (C=N–C) groups is 1. The molecule has 1 spiro atoms. The van der Waals surface area contributed by atoms with E-state index in [1.54, 1.807) is 5.56 Å². The summed E-state index contributed by atoms with van der Waals surface area (Å²) in [6.07, 6.45) is 12.3. The fraction of sp³-hybridized carbons (Fsp3) is 0.682. The first-order valence-corrected chi connectivity index (χ1v) is 11.1. The Morgan fingerprint density at radius 3 is 2.40 bits per heavy atom. The van der Waals surface area contributed by atoms with Crippen LogP contribution in [0.2, 0.25) is 0 Å². The second-order valence-corrected chi connectivity index (χ2v) is 9.62. The molecule has 2 bridgehead atoms. The number of amidine groups is 1. The summed E-state index contributed by atoms with van der Waals surface area (Å²) in [6.45, 7) is 2.48. The number of hydrogen-bond donors (Lipinski definition) is 0. The Morgan fingerprint density at radius 1 is 0.960 bits per heavy atom. The molecule has 2 aliphatic heterocycles. The van der Waals surface area contributed by atoms with Crippen LogP contribution in [0.15, 0.2) is 33.7 Å². The Balaban J connectivity index is 1.52. The molecule has 3 heteroatoms. The third-order valence-corrected chi connectivity index (χ3v) is 8.05. The van der Waals surface area contributed by atoms with Gasteiger partial charge in [-0.2, -0.15) is 0 Å². The SMILES string of the molecule is Brc1ccc(C2C3CCC(CC3)C23CCC(N2CCCCC2)=N3)cc1. The summed E-state index contributed by atoms with van der Waals surface area (Å²) < 4.78 is 1.19. The highest BCUT2D eigenvalue weighted by molar-refractivity contribution is 9.10. The molecule has 25 heavy (non-hydrogen) atoms. The Labute approximate surface area is 160 Å². The minimum Gasteiger partial charge on any atom is -0.360 e. The van der Waals surface area contributed by atoms with Crippen molar-refractivity contribution in [2.45, 2.75) is 69.2 Å². The van der Waals surface area contributed by atoms with Crippen molar-refractivity contribution >= 4 is 21.8 Å². The molecule has 4 fully saturated rings. The van der Waals surface area contributed by atoms with E-state index in [4.69, 9.17) is 4.99 Å². The molecule has 3 aliphatic carbocycles. The lowest BCUT2D eigenvalue weighted by Crippen LogP contribution is -2.51. The molecule has 2 nitrogen and oxygen atoms in total. The highest BCUT2D eigenvalue weighted by atomic mass is 79.9. The number of likely N-dealkylation sites (tertiary alicyclic amines) is 1. The quantitative estimate of drug-likeness (QED) is 0.583. The summed E-state index contributed by atoms with van der Waals surface area (Å²) in [7, 11) is 0. The van der Waals surface area contributed by atoms with Crippen LogP contribution < -0.4 is 0 Å². The summed E-state index contributed by atoms with van der Waals surface area (Å²) in [4.78, 5) is 8.22. The molecular formula is C22H29BrN2. The average Bonchev–Trinajstić information content (AvgIpc) is 3.10. The van der Waals surface area contributed by atoms with Crippen LogP contribution in [0.3, 0.4) is 0 Å². The largest absolute Gasteiger partial charge is 0.360 e. The number of fused-ring (bicyclic) bond motifs is 2. The van der Waals surface area contributed by atoms with Crippen LogP contribution in [0, 0.1) is 11.8 Å². The molecule has 3 saturated carbocycles. The Kier molecular flexibility index (Phi) is 4.19. The van der Waals surface area contributed by atoms with Gasteiger partial charge in [0.2, 0.25) is 0 Å². The first-order valence-electron chi connectivity index (χ1n) is 10.4. The molecule has 1 aromatic carbocycles. The second kappa shape index (κ2) is 6.40. The van der Waals surface area contributed by atoms with Crippen LogP contribution in [0.1, 0.15) is 69.3 Å². The van der Waals surface area contributed by atoms with Crippen molar-refractivity contribution in [3.63, 3.8) is 0 Å². The summed E-state index contributed by atoms with van der Waals surface area (Å²) in [5.41, 5.74) is 1.75. The van der Waals surface area contributed by atoms with Crippen LogP contribution in [0.5, 0.6) is 0 Å². The number of nitrogens with zero attached hydrogens (tertiary/aromatic N) is 2. The zero-order chi connectivity index (χ0) is 16.9. The van der Waals surface area contributed by atoms with Crippen molar-refractivity contribution in [1.82, 2.24) is 4.90 Å². The van der Waals surface area contributed by atoms with E-state index in [9.17, 15) is 0 Å². The molecule has 5 aliphatic rings. The molecule has 0 amide bonds. The molecule has 2 unspecified atom stereocenters. The molecule has 0 radical (unpaired) electrons. The standard InChI is InChI=1S/C22H29BrN2/c23-19-10-6-17(7-11-19)21-16-4-8-18(9-5-16)22(21)13-12-20(24-22)25-14-2-1-3-15-25/h6-7,10-11,16,18,21H,1-5,8-9,12-15H2. The van der Waals surface area contributed by atoms with Crippen LogP contribution in [-0.4, -0.2) is 29.4 Å². The van der Waals surface area contributed by atoms with E-state index in [1.807, 2.05) is 0 Å². The lowest BCUT2D eigenvalue weighted by atomic mass is 9.52. The van der Waals surface area contributed by atoms with Crippen molar-refractivity contribution in [1.29, 1.82) is 0 Å². The number of benzene rings is 1. The maximum atomic E-state index is 5.60. The van der Waals surface area contributed by atoms with Gasteiger partial charge in [-0.3, -0.25) is 4.99 Å². The Morgan fingerprint density at radius 2 is 1.68 bits per heavy atom. The Bertz CT molecular complexity index is 653. The van der Waals surface area contributed by atoms with Gasteiger partial charge in [-0.15, -0.1) is 0 Å². The van der Waals surface area contributed by atoms with Crippen molar-refractivity contribution in [3.8, 4) is 0 Å². The van der Waals surface area contributed by atoms with E-state index in [0.717, 1.165) is 11.8 Å². The third-order valence-electron chi connectivity index (χ3n) is 7.53. The molecule has 2 heterocycles. The highest BCUT2D eigenvalue weighted by Gasteiger charge is 2.56. The maximum Gasteiger partial charge on any atom is 0.0997 e. The van der Waals surface area contributed by atoms with Gasteiger partial charge in [-0.1, -0.05) is 28.1 Å². The summed E-state index contributed by atoms with van der Waals surface area (Å²) >= 11 is 3.61. The van der Waals surface area contributed by atoms with Gasteiger partial charge >= 0.3 is 0 Å². The average molecular weight is 401 g/mol. The van der Waals surface area contributed by atoms with Gasteiger partial charge in [0, 0.05) is 29.9 Å². The van der Waals surface area contributed by atoms with Gasteiger partial charge in [0.25, 0.3) is 0 Å². The molecular weight excluding hydrogens is 372 g/mol. The monoisotopic (exact) mass is 400 g/mol.